The first kappa shape index (κ1) is 20.0. The summed E-state index contributed by atoms with van der Waals surface area (Å²) < 4.78 is 26.2. The molecule has 0 aliphatic carbocycles. The molecule has 7 heteroatoms. The molecule has 1 heterocycles. The summed E-state index contributed by atoms with van der Waals surface area (Å²) in [5.74, 6) is 1.07. The third-order valence-electron chi connectivity index (χ3n) is 4.24. The molecule has 0 atom stereocenters. The number of para-hydroxylation sites is 1. The van der Waals surface area contributed by atoms with Gasteiger partial charge in [-0.15, -0.1) is 0 Å². The van der Waals surface area contributed by atoms with Crippen LogP contribution < -0.4 is 19.8 Å². The minimum absolute atomic E-state index is 0.0765. The summed E-state index contributed by atoms with van der Waals surface area (Å²) in [5.41, 5.74) is 1.04. The molecule has 0 amide bonds. The third-order valence-corrected chi connectivity index (χ3v) is 4.24. The maximum Gasteiger partial charge on any atom is 0.336 e. The van der Waals surface area contributed by atoms with Crippen molar-refractivity contribution in [2.45, 2.75) is 6.61 Å². The predicted molar refractivity (Wildman–Crippen MR) is 107 cm³/mol. The van der Waals surface area contributed by atoms with Crippen LogP contribution in [-0.2, 0) is 16.1 Å². The van der Waals surface area contributed by atoms with E-state index in [1.54, 1.807) is 42.5 Å². The number of esters is 1. The molecular formula is C22H20O7. The van der Waals surface area contributed by atoms with E-state index in [1.807, 2.05) is 0 Å². The maximum absolute atomic E-state index is 12.2. The molecule has 0 saturated carbocycles. The zero-order chi connectivity index (χ0) is 20.8. The Morgan fingerprint density at radius 2 is 1.86 bits per heavy atom. The first-order valence-electron chi connectivity index (χ1n) is 8.72. The van der Waals surface area contributed by atoms with Crippen molar-refractivity contribution in [2.75, 3.05) is 21.3 Å². The molecule has 0 saturated heterocycles. The van der Waals surface area contributed by atoms with E-state index in [0.29, 0.717) is 39.3 Å². The van der Waals surface area contributed by atoms with Crippen LogP contribution in [0.25, 0.3) is 17.0 Å². The topological polar surface area (TPSA) is 84.2 Å². The second-order valence-corrected chi connectivity index (χ2v) is 5.98. The summed E-state index contributed by atoms with van der Waals surface area (Å²) in [6.45, 7) is -0.0765. The summed E-state index contributed by atoms with van der Waals surface area (Å²) in [4.78, 5) is 24.0. The van der Waals surface area contributed by atoms with Gasteiger partial charge < -0.3 is 23.4 Å². The lowest BCUT2D eigenvalue weighted by molar-refractivity contribution is -0.138. The fourth-order valence-electron chi connectivity index (χ4n) is 2.85. The Morgan fingerprint density at radius 3 is 2.59 bits per heavy atom. The molecule has 3 aromatic rings. The minimum atomic E-state index is -0.565. The van der Waals surface area contributed by atoms with Crippen molar-refractivity contribution < 1.29 is 28.2 Å². The smallest absolute Gasteiger partial charge is 0.336 e. The quantitative estimate of drug-likeness (QED) is 0.343. The van der Waals surface area contributed by atoms with Crippen molar-refractivity contribution in [3.63, 3.8) is 0 Å². The fourth-order valence-corrected chi connectivity index (χ4v) is 2.85. The van der Waals surface area contributed by atoms with Crippen LogP contribution in [0, 0.1) is 0 Å². The summed E-state index contributed by atoms with van der Waals surface area (Å²) in [5, 5.41) is 0.664. The molecule has 0 aliphatic rings. The normalized spacial score (nSPS) is 10.9. The van der Waals surface area contributed by atoms with Crippen LogP contribution in [0.1, 0.15) is 11.1 Å². The molecule has 0 fully saturated rings. The maximum atomic E-state index is 12.2. The Bertz CT molecular complexity index is 1110. The second-order valence-electron chi connectivity index (χ2n) is 5.98. The van der Waals surface area contributed by atoms with Gasteiger partial charge in [0.15, 0.2) is 11.5 Å². The Morgan fingerprint density at radius 1 is 1.03 bits per heavy atom. The molecule has 150 valence electrons. The van der Waals surface area contributed by atoms with Gasteiger partial charge in [0.1, 0.15) is 17.9 Å². The van der Waals surface area contributed by atoms with Gasteiger partial charge in [0.05, 0.1) is 21.3 Å². The van der Waals surface area contributed by atoms with Gasteiger partial charge in [-0.2, -0.15) is 0 Å². The van der Waals surface area contributed by atoms with E-state index >= 15 is 0 Å². The number of fused-ring (bicyclic) bond motifs is 1. The van der Waals surface area contributed by atoms with Gasteiger partial charge in [-0.3, -0.25) is 0 Å². The monoisotopic (exact) mass is 396 g/mol. The highest BCUT2D eigenvalue weighted by Gasteiger charge is 2.10. The molecule has 0 radical (unpaired) electrons. The van der Waals surface area contributed by atoms with Gasteiger partial charge in [0, 0.05) is 34.7 Å². The van der Waals surface area contributed by atoms with Crippen LogP contribution in [0.15, 0.2) is 57.8 Å². The summed E-state index contributed by atoms with van der Waals surface area (Å²) in [7, 11) is 4.58. The molecule has 7 nitrogen and oxygen atoms in total. The van der Waals surface area contributed by atoms with E-state index in [1.165, 1.54) is 33.5 Å². The number of carbonyl (C=O) groups is 1. The van der Waals surface area contributed by atoms with Gasteiger partial charge >= 0.3 is 11.6 Å². The Balaban J connectivity index is 1.76. The first-order chi connectivity index (χ1) is 14.0. The molecule has 0 aliphatic heterocycles. The van der Waals surface area contributed by atoms with Crippen molar-refractivity contribution in [3.8, 4) is 17.2 Å². The zero-order valence-corrected chi connectivity index (χ0v) is 16.3. The van der Waals surface area contributed by atoms with Gasteiger partial charge in [-0.1, -0.05) is 12.1 Å². The highest BCUT2D eigenvalue weighted by atomic mass is 16.5. The lowest BCUT2D eigenvalue weighted by Gasteiger charge is -2.10. The zero-order valence-electron chi connectivity index (χ0n) is 16.3. The van der Waals surface area contributed by atoms with Crippen LogP contribution in [0.3, 0.4) is 0 Å². The highest BCUT2D eigenvalue weighted by Crippen LogP contribution is 2.31. The molecule has 2 aromatic carbocycles. The lowest BCUT2D eigenvalue weighted by atomic mass is 10.1. The minimum Gasteiger partial charge on any atom is -0.497 e. The molecule has 0 spiro atoms. The standard InChI is InChI=1S/C22H20O7/c1-25-16-8-9-17-15(11-21(24)29-19(17)12-16)13-28-20(23)10-7-14-5-4-6-18(26-2)22(14)27-3/h4-12H,13H2,1-3H3/b10-7+. The number of carbonyl (C=O) groups excluding carboxylic acids is 1. The number of hydrogen-bond acceptors (Lipinski definition) is 7. The van der Waals surface area contributed by atoms with E-state index in [9.17, 15) is 9.59 Å². The fraction of sp³-hybridized carbons (Fsp3) is 0.182. The van der Waals surface area contributed by atoms with Crippen LogP contribution in [0.2, 0.25) is 0 Å². The number of rotatable bonds is 7. The summed E-state index contributed by atoms with van der Waals surface area (Å²) in [6, 6.07) is 11.7. The number of methoxy groups -OCH3 is 3. The van der Waals surface area contributed by atoms with Gasteiger partial charge in [-0.25, -0.2) is 9.59 Å². The summed E-state index contributed by atoms with van der Waals surface area (Å²) in [6.07, 6.45) is 2.86. The molecule has 0 N–H and O–H groups in total. The third kappa shape index (κ3) is 4.57. The number of ether oxygens (including phenoxy) is 4. The molecule has 3 rings (SSSR count). The second kappa shape index (κ2) is 8.97. The van der Waals surface area contributed by atoms with Crippen LogP contribution in [0.5, 0.6) is 17.2 Å². The van der Waals surface area contributed by atoms with Crippen molar-refractivity contribution in [2.24, 2.45) is 0 Å². The average Bonchev–Trinajstić information content (AvgIpc) is 2.74. The Labute approximate surface area is 167 Å². The highest BCUT2D eigenvalue weighted by molar-refractivity contribution is 5.88. The molecular weight excluding hydrogens is 376 g/mol. The van der Waals surface area contributed by atoms with E-state index in [4.69, 9.17) is 23.4 Å². The average molecular weight is 396 g/mol. The number of benzene rings is 2. The number of hydrogen-bond donors (Lipinski definition) is 0. The Hall–Kier alpha value is -3.74. The summed E-state index contributed by atoms with van der Waals surface area (Å²) >= 11 is 0. The van der Waals surface area contributed by atoms with Crippen molar-refractivity contribution in [3.05, 3.63) is 70.1 Å². The van der Waals surface area contributed by atoms with E-state index in [0.717, 1.165) is 0 Å². The van der Waals surface area contributed by atoms with Gasteiger partial charge in [0.25, 0.3) is 0 Å². The SMILES string of the molecule is COc1ccc2c(COC(=O)/C=C/c3cccc(OC)c3OC)cc(=O)oc2c1. The van der Waals surface area contributed by atoms with Crippen LogP contribution in [-0.4, -0.2) is 27.3 Å². The molecule has 29 heavy (non-hydrogen) atoms. The van der Waals surface area contributed by atoms with Crippen LogP contribution >= 0.6 is 0 Å². The predicted octanol–water partition coefficient (Wildman–Crippen LogP) is 3.58. The largest absolute Gasteiger partial charge is 0.497 e. The molecule has 0 bridgehead atoms. The lowest BCUT2D eigenvalue weighted by Crippen LogP contribution is -2.05. The van der Waals surface area contributed by atoms with Gasteiger partial charge in [-0.05, 0) is 24.3 Å². The van der Waals surface area contributed by atoms with E-state index in [2.05, 4.69) is 0 Å². The van der Waals surface area contributed by atoms with Crippen molar-refractivity contribution in [1.82, 2.24) is 0 Å². The Kier molecular flexibility index (Phi) is 6.19. The van der Waals surface area contributed by atoms with Crippen LogP contribution in [0.4, 0.5) is 0 Å². The van der Waals surface area contributed by atoms with Gasteiger partial charge in [0.2, 0.25) is 0 Å². The van der Waals surface area contributed by atoms with Crippen molar-refractivity contribution in [1.29, 1.82) is 0 Å². The molecule has 0 unspecified atom stereocenters. The van der Waals surface area contributed by atoms with Crippen molar-refractivity contribution >= 4 is 23.0 Å². The van der Waals surface area contributed by atoms with E-state index < -0.39 is 11.6 Å². The van der Waals surface area contributed by atoms with E-state index in [-0.39, 0.29) is 6.61 Å². The molecule has 1 aromatic heterocycles. The first-order valence-corrected chi connectivity index (χ1v) is 8.72.